The van der Waals surface area contributed by atoms with E-state index >= 15 is 0 Å². The van der Waals surface area contributed by atoms with E-state index in [1.54, 1.807) is 0 Å². The molecule has 0 aliphatic heterocycles. The molecule has 5 rings (SSSR count). The first-order chi connectivity index (χ1) is 18.3. The number of unbranched alkanes of at least 4 members (excludes halogenated alkanes) is 1. The largest absolute Gasteiger partial charge is 0.326 e. The van der Waals surface area contributed by atoms with E-state index in [1.807, 2.05) is 12.1 Å². The van der Waals surface area contributed by atoms with Gasteiger partial charge >= 0.3 is 0 Å². The fourth-order valence-corrected chi connectivity index (χ4v) is 5.60. The zero-order chi connectivity index (χ0) is 26.8. The van der Waals surface area contributed by atoms with Gasteiger partial charge in [0.2, 0.25) is 5.91 Å². The maximum atomic E-state index is 14.4. The Hall–Kier alpha value is -3.66. The van der Waals surface area contributed by atoms with Crippen LogP contribution in [-0.4, -0.2) is 21.2 Å². The van der Waals surface area contributed by atoms with Gasteiger partial charge in [0.1, 0.15) is 11.2 Å². The van der Waals surface area contributed by atoms with Crippen molar-refractivity contribution in [3.63, 3.8) is 0 Å². The first kappa shape index (κ1) is 26.0. The molecule has 1 amide bonds. The Morgan fingerprint density at radius 2 is 1.71 bits per heavy atom. The summed E-state index contributed by atoms with van der Waals surface area (Å²) in [4.78, 5) is 29.9. The molecule has 3 aromatic carbocycles. The van der Waals surface area contributed by atoms with E-state index < -0.39 is 28.8 Å². The molecule has 196 valence electrons. The molecule has 1 N–H and O–H groups in total. The number of rotatable bonds is 8. The zero-order valence-electron chi connectivity index (χ0n) is 20.2. The van der Waals surface area contributed by atoms with Crippen molar-refractivity contribution in [3.05, 3.63) is 93.3 Å². The Kier molecular flexibility index (Phi) is 7.51. The van der Waals surface area contributed by atoms with Crippen LogP contribution >= 0.6 is 11.8 Å². The number of aryl methyl sites for hydroxylation is 2. The van der Waals surface area contributed by atoms with Gasteiger partial charge in [0.05, 0.1) is 11.2 Å². The van der Waals surface area contributed by atoms with Gasteiger partial charge in [-0.2, -0.15) is 0 Å². The monoisotopic (exact) mass is 541 g/mol. The molecule has 0 saturated heterocycles. The van der Waals surface area contributed by atoms with Crippen LogP contribution in [0.2, 0.25) is 0 Å². The third kappa shape index (κ3) is 5.31. The van der Waals surface area contributed by atoms with Gasteiger partial charge in [-0.3, -0.25) is 14.2 Å². The number of benzene rings is 3. The Morgan fingerprint density at radius 1 is 0.947 bits per heavy atom. The smallest absolute Gasteiger partial charge is 0.269 e. The number of carbonyl (C=O) groups excluding carboxylic acids is 1. The van der Waals surface area contributed by atoms with Crippen LogP contribution in [0.3, 0.4) is 0 Å². The number of fused-ring (bicyclic) bond motifs is 2. The van der Waals surface area contributed by atoms with Gasteiger partial charge < -0.3 is 5.32 Å². The van der Waals surface area contributed by atoms with Crippen molar-refractivity contribution in [1.82, 2.24) is 9.55 Å². The number of nitrogens with one attached hydrogen (secondary N) is 1. The van der Waals surface area contributed by atoms with Crippen LogP contribution in [0, 0.1) is 23.3 Å². The van der Waals surface area contributed by atoms with E-state index in [9.17, 15) is 27.2 Å². The fraction of sp³-hybridized carbons (Fsp3) is 0.250. The van der Waals surface area contributed by atoms with Crippen molar-refractivity contribution in [3.8, 4) is 5.69 Å². The highest BCUT2D eigenvalue weighted by Crippen LogP contribution is 2.27. The summed E-state index contributed by atoms with van der Waals surface area (Å²) in [5.41, 5.74) is 2.30. The van der Waals surface area contributed by atoms with Crippen LogP contribution in [0.25, 0.3) is 16.6 Å². The van der Waals surface area contributed by atoms with Crippen molar-refractivity contribution in [2.45, 2.75) is 43.7 Å². The molecule has 4 aromatic rings. The summed E-state index contributed by atoms with van der Waals surface area (Å²) in [5, 5.41) is 2.65. The van der Waals surface area contributed by atoms with E-state index in [4.69, 9.17) is 0 Å². The van der Waals surface area contributed by atoms with Gasteiger partial charge in [-0.05, 0) is 67.5 Å². The van der Waals surface area contributed by atoms with E-state index in [1.165, 1.54) is 23.3 Å². The molecule has 1 heterocycles. The number of hydrogen-bond donors (Lipinski definition) is 1. The fourth-order valence-electron chi connectivity index (χ4n) is 4.59. The predicted molar refractivity (Wildman–Crippen MR) is 139 cm³/mol. The summed E-state index contributed by atoms with van der Waals surface area (Å²) < 4.78 is 56.8. The van der Waals surface area contributed by atoms with Crippen LogP contribution in [0.1, 0.15) is 36.8 Å². The lowest BCUT2D eigenvalue weighted by molar-refractivity contribution is -0.116. The maximum absolute atomic E-state index is 14.4. The summed E-state index contributed by atoms with van der Waals surface area (Å²) in [6.07, 6.45) is 4.63. The van der Waals surface area contributed by atoms with Gasteiger partial charge in [-0.25, -0.2) is 22.5 Å². The molecule has 0 saturated carbocycles. The zero-order valence-corrected chi connectivity index (χ0v) is 21.0. The number of thioether (sulfide) groups is 1. The second kappa shape index (κ2) is 11.0. The van der Waals surface area contributed by atoms with Crippen molar-refractivity contribution >= 4 is 34.3 Å². The minimum absolute atomic E-state index is 0.0705. The highest BCUT2D eigenvalue weighted by atomic mass is 32.2. The molecule has 0 spiro atoms. The summed E-state index contributed by atoms with van der Waals surface area (Å²) in [7, 11) is 0. The van der Waals surface area contributed by atoms with Gasteiger partial charge in [0.25, 0.3) is 5.56 Å². The average molecular weight is 542 g/mol. The first-order valence-electron chi connectivity index (χ1n) is 12.2. The average Bonchev–Trinajstić information content (AvgIpc) is 3.35. The van der Waals surface area contributed by atoms with Crippen LogP contribution < -0.4 is 10.9 Å². The standard InChI is InChI=1S/C28H23F4N3O2S/c29-20-7-4-8-23-25(20)27(37)35(19-14-21(30)26(32)22(31)15-19)28(34-23)38-12-2-1-9-24(36)33-18-11-10-16-5-3-6-17(16)13-18/h4,7-8,10-11,13-15H,1-3,5-6,9,12H2,(H,33,36). The molecule has 0 bridgehead atoms. The lowest BCUT2D eigenvalue weighted by Gasteiger charge is -2.14. The molecular weight excluding hydrogens is 518 g/mol. The Morgan fingerprint density at radius 3 is 2.50 bits per heavy atom. The molecule has 1 aromatic heterocycles. The molecule has 38 heavy (non-hydrogen) atoms. The maximum Gasteiger partial charge on any atom is 0.269 e. The quantitative estimate of drug-likeness (QED) is 0.0931. The second-order valence-corrected chi connectivity index (χ2v) is 10.1. The van der Waals surface area contributed by atoms with E-state index in [-0.39, 0.29) is 34.1 Å². The van der Waals surface area contributed by atoms with Gasteiger partial charge in [0, 0.05) is 30.0 Å². The molecule has 0 radical (unpaired) electrons. The van der Waals surface area contributed by atoms with Gasteiger partial charge in [-0.15, -0.1) is 0 Å². The highest BCUT2D eigenvalue weighted by molar-refractivity contribution is 7.99. The number of hydrogen-bond acceptors (Lipinski definition) is 4. The molecule has 10 heteroatoms. The SMILES string of the molecule is O=C(CCCCSc1nc2cccc(F)c2c(=O)n1-c1cc(F)c(F)c(F)c1)Nc1ccc2c(c1)CCC2. The summed E-state index contributed by atoms with van der Waals surface area (Å²) in [5.74, 6) is -5.15. The van der Waals surface area contributed by atoms with Gasteiger partial charge in [-0.1, -0.05) is 23.9 Å². The molecule has 0 fully saturated rings. The summed E-state index contributed by atoms with van der Waals surface area (Å²) >= 11 is 1.12. The van der Waals surface area contributed by atoms with Crippen LogP contribution in [0.4, 0.5) is 23.2 Å². The lowest BCUT2D eigenvalue weighted by Crippen LogP contribution is -2.23. The molecule has 0 unspecified atom stereocenters. The van der Waals surface area contributed by atoms with Crippen molar-refractivity contribution in [2.75, 3.05) is 11.1 Å². The van der Waals surface area contributed by atoms with E-state index in [2.05, 4.69) is 16.4 Å². The highest BCUT2D eigenvalue weighted by Gasteiger charge is 2.19. The van der Waals surface area contributed by atoms with Crippen LogP contribution in [0.5, 0.6) is 0 Å². The number of anilines is 1. The van der Waals surface area contributed by atoms with Crippen molar-refractivity contribution < 1.29 is 22.4 Å². The summed E-state index contributed by atoms with van der Waals surface area (Å²) in [6.45, 7) is 0. The Bertz CT molecular complexity index is 1580. The second-order valence-electron chi connectivity index (χ2n) is 9.08. The topological polar surface area (TPSA) is 64.0 Å². The third-order valence-corrected chi connectivity index (χ3v) is 7.48. The number of carbonyl (C=O) groups is 1. The van der Waals surface area contributed by atoms with E-state index in [0.717, 1.165) is 47.3 Å². The molecule has 1 aliphatic carbocycles. The van der Waals surface area contributed by atoms with Gasteiger partial charge in [0.15, 0.2) is 22.6 Å². The Labute approximate surface area is 219 Å². The van der Waals surface area contributed by atoms with Crippen molar-refractivity contribution in [1.29, 1.82) is 0 Å². The first-order valence-corrected chi connectivity index (χ1v) is 13.2. The molecule has 1 aliphatic rings. The minimum atomic E-state index is -1.67. The Balaban J connectivity index is 1.29. The number of aromatic nitrogens is 2. The predicted octanol–water partition coefficient (Wildman–Crippen LogP) is 6.33. The van der Waals surface area contributed by atoms with Crippen molar-refractivity contribution in [2.24, 2.45) is 0 Å². The number of amides is 1. The normalized spacial score (nSPS) is 12.6. The minimum Gasteiger partial charge on any atom is -0.326 e. The molecular formula is C28H23F4N3O2S. The molecule has 5 nitrogen and oxygen atoms in total. The number of nitrogens with zero attached hydrogens (tertiary/aromatic N) is 2. The van der Waals surface area contributed by atoms with E-state index in [0.29, 0.717) is 30.7 Å². The van der Waals surface area contributed by atoms with Crippen LogP contribution in [0.15, 0.2) is 58.5 Å². The molecule has 0 atom stereocenters. The third-order valence-electron chi connectivity index (χ3n) is 6.45. The van der Waals surface area contributed by atoms with Crippen LogP contribution in [-0.2, 0) is 17.6 Å². The lowest BCUT2D eigenvalue weighted by atomic mass is 10.1. The summed E-state index contributed by atoms with van der Waals surface area (Å²) in [6, 6.07) is 11.3. The number of halogens is 4.